The summed E-state index contributed by atoms with van der Waals surface area (Å²) in [6.45, 7) is 10.4. The van der Waals surface area contributed by atoms with E-state index in [0.717, 1.165) is 38.6 Å². The lowest BCUT2D eigenvalue weighted by Gasteiger charge is -2.42. The summed E-state index contributed by atoms with van der Waals surface area (Å²) in [6.07, 6.45) is 1.16. The van der Waals surface area contributed by atoms with Crippen molar-refractivity contribution in [3.63, 3.8) is 0 Å². The van der Waals surface area contributed by atoms with Crippen molar-refractivity contribution in [1.29, 1.82) is 0 Å². The third kappa shape index (κ3) is 2.93. The van der Waals surface area contributed by atoms with Crippen LogP contribution in [-0.4, -0.2) is 26.3 Å². The van der Waals surface area contributed by atoms with Crippen LogP contribution in [0.2, 0.25) is 0 Å². The second-order valence-electron chi connectivity index (χ2n) is 5.85. The lowest BCUT2D eigenvalue weighted by Crippen LogP contribution is -2.53. The molecule has 18 heavy (non-hydrogen) atoms. The number of ether oxygens (including phenoxy) is 1. The number of nitrogens with one attached hydrogen (secondary N) is 1. The number of hydrogen-bond acceptors (Lipinski definition) is 2. The fourth-order valence-electron chi connectivity index (χ4n) is 2.55. The van der Waals surface area contributed by atoms with E-state index in [1.807, 2.05) is 0 Å². The van der Waals surface area contributed by atoms with E-state index < -0.39 is 0 Å². The van der Waals surface area contributed by atoms with E-state index in [-0.39, 0.29) is 5.41 Å². The molecule has 100 valence electrons. The van der Waals surface area contributed by atoms with Crippen LogP contribution < -0.4 is 5.32 Å². The van der Waals surface area contributed by atoms with Gasteiger partial charge in [-0.2, -0.15) is 0 Å². The van der Waals surface area contributed by atoms with E-state index in [2.05, 4.69) is 50.4 Å². The van der Waals surface area contributed by atoms with Crippen LogP contribution in [0.25, 0.3) is 0 Å². The molecule has 0 bridgehead atoms. The molecule has 2 heteroatoms. The van der Waals surface area contributed by atoms with Gasteiger partial charge in [-0.25, -0.2) is 0 Å². The van der Waals surface area contributed by atoms with Gasteiger partial charge in [-0.1, -0.05) is 45.0 Å². The number of likely N-dealkylation sites (N-methyl/N-ethyl adjacent to an activating group) is 1. The fourth-order valence-corrected chi connectivity index (χ4v) is 2.55. The molecule has 1 fully saturated rings. The van der Waals surface area contributed by atoms with Crippen LogP contribution >= 0.6 is 0 Å². The molecule has 1 aliphatic heterocycles. The molecule has 1 aromatic carbocycles. The molecule has 0 radical (unpaired) electrons. The van der Waals surface area contributed by atoms with Crippen LogP contribution in [0.1, 0.15) is 31.9 Å². The quantitative estimate of drug-likeness (QED) is 0.834. The van der Waals surface area contributed by atoms with Crippen molar-refractivity contribution in [2.75, 3.05) is 26.3 Å². The molecule has 0 saturated carbocycles. The van der Waals surface area contributed by atoms with Crippen LogP contribution in [0.15, 0.2) is 24.3 Å². The van der Waals surface area contributed by atoms with Crippen LogP contribution in [0.5, 0.6) is 0 Å². The Bertz CT molecular complexity index is 365. The van der Waals surface area contributed by atoms with Gasteiger partial charge in [0.2, 0.25) is 0 Å². The van der Waals surface area contributed by atoms with Crippen LogP contribution in [0, 0.1) is 5.92 Å². The normalized spacial score (nSPS) is 17.8. The molecule has 0 unspecified atom stereocenters. The zero-order chi connectivity index (χ0) is 13.0. The topological polar surface area (TPSA) is 21.3 Å². The molecule has 0 aromatic heterocycles. The van der Waals surface area contributed by atoms with E-state index in [1.165, 1.54) is 11.1 Å². The summed E-state index contributed by atoms with van der Waals surface area (Å²) in [7, 11) is 0. The molecule has 0 aliphatic carbocycles. The van der Waals surface area contributed by atoms with Crippen molar-refractivity contribution in [3.05, 3.63) is 35.4 Å². The Balaban J connectivity index is 2.07. The predicted molar refractivity (Wildman–Crippen MR) is 76.0 cm³/mol. The van der Waals surface area contributed by atoms with E-state index in [1.54, 1.807) is 0 Å². The van der Waals surface area contributed by atoms with Gasteiger partial charge in [0.15, 0.2) is 0 Å². The van der Waals surface area contributed by atoms with Crippen LogP contribution in [0.3, 0.4) is 0 Å². The molecule has 0 amide bonds. The van der Waals surface area contributed by atoms with Crippen molar-refractivity contribution >= 4 is 0 Å². The first-order valence-electron chi connectivity index (χ1n) is 7.04. The van der Waals surface area contributed by atoms with Gasteiger partial charge in [-0.15, -0.1) is 0 Å². The Hall–Kier alpha value is -0.860. The summed E-state index contributed by atoms with van der Waals surface area (Å²) in [5.74, 6) is 0.721. The Morgan fingerprint density at radius 2 is 1.89 bits per heavy atom. The first-order valence-corrected chi connectivity index (χ1v) is 7.04. The van der Waals surface area contributed by atoms with Gasteiger partial charge >= 0.3 is 0 Å². The average molecular weight is 247 g/mol. The van der Waals surface area contributed by atoms with Crippen molar-refractivity contribution in [2.24, 2.45) is 5.92 Å². The summed E-state index contributed by atoms with van der Waals surface area (Å²) in [6, 6.07) is 9.14. The average Bonchev–Trinajstić information content (AvgIpc) is 2.29. The summed E-state index contributed by atoms with van der Waals surface area (Å²) in [5, 5.41) is 3.46. The number of hydrogen-bond donors (Lipinski definition) is 1. The lowest BCUT2D eigenvalue weighted by molar-refractivity contribution is -0.0588. The maximum absolute atomic E-state index is 5.44. The molecule has 2 rings (SSSR count). The monoisotopic (exact) mass is 247 g/mol. The lowest BCUT2D eigenvalue weighted by atomic mass is 9.78. The molecule has 1 saturated heterocycles. The standard InChI is InChI=1S/C16H25NO/c1-4-17-10-16(11-18-12-16)15-7-5-14(6-8-15)9-13(2)3/h5-8,13,17H,4,9-12H2,1-3H3. The molecular formula is C16H25NO. The highest BCUT2D eigenvalue weighted by molar-refractivity contribution is 5.32. The predicted octanol–water partition coefficient (Wildman–Crippen LogP) is 2.76. The van der Waals surface area contributed by atoms with Gasteiger partial charge in [0, 0.05) is 6.54 Å². The Kier molecular flexibility index (Phi) is 4.41. The van der Waals surface area contributed by atoms with Crippen molar-refractivity contribution in [3.8, 4) is 0 Å². The molecule has 0 atom stereocenters. The molecule has 0 spiro atoms. The minimum atomic E-state index is 0.215. The van der Waals surface area contributed by atoms with Crippen LogP contribution in [-0.2, 0) is 16.6 Å². The smallest absolute Gasteiger partial charge is 0.0598 e. The van der Waals surface area contributed by atoms with Crippen molar-refractivity contribution in [1.82, 2.24) is 5.32 Å². The van der Waals surface area contributed by atoms with Gasteiger partial charge in [-0.05, 0) is 30.0 Å². The van der Waals surface area contributed by atoms with E-state index >= 15 is 0 Å². The van der Waals surface area contributed by atoms with E-state index in [4.69, 9.17) is 4.74 Å². The first kappa shape index (κ1) is 13.6. The molecule has 1 aliphatic rings. The van der Waals surface area contributed by atoms with Crippen molar-refractivity contribution < 1.29 is 4.74 Å². The summed E-state index contributed by atoms with van der Waals surface area (Å²) in [4.78, 5) is 0. The molecular weight excluding hydrogens is 222 g/mol. The van der Waals surface area contributed by atoms with Gasteiger partial charge in [0.1, 0.15) is 0 Å². The summed E-state index contributed by atoms with van der Waals surface area (Å²) in [5.41, 5.74) is 3.07. The Morgan fingerprint density at radius 3 is 2.33 bits per heavy atom. The van der Waals surface area contributed by atoms with Gasteiger partial charge < -0.3 is 10.1 Å². The second kappa shape index (κ2) is 5.85. The largest absolute Gasteiger partial charge is 0.379 e. The molecule has 1 heterocycles. The van der Waals surface area contributed by atoms with E-state index in [0.29, 0.717) is 0 Å². The minimum absolute atomic E-state index is 0.215. The van der Waals surface area contributed by atoms with Crippen molar-refractivity contribution in [2.45, 2.75) is 32.6 Å². The molecule has 1 aromatic rings. The fraction of sp³-hybridized carbons (Fsp3) is 0.625. The minimum Gasteiger partial charge on any atom is -0.379 e. The number of rotatable bonds is 6. The van der Waals surface area contributed by atoms with Crippen LogP contribution in [0.4, 0.5) is 0 Å². The van der Waals surface area contributed by atoms with Gasteiger partial charge in [0.05, 0.1) is 18.6 Å². The Labute approximate surface area is 111 Å². The highest BCUT2D eigenvalue weighted by Gasteiger charge is 2.39. The second-order valence-corrected chi connectivity index (χ2v) is 5.85. The number of benzene rings is 1. The SMILES string of the molecule is CCNCC1(c2ccc(CC(C)C)cc2)COC1. The van der Waals surface area contributed by atoms with Gasteiger partial charge in [-0.3, -0.25) is 0 Å². The van der Waals surface area contributed by atoms with E-state index in [9.17, 15) is 0 Å². The zero-order valence-electron chi connectivity index (χ0n) is 11.8. The maximum atomic E-state index is 5.44. The summed E-state index contributed by atoms with van der Waals surface area (Å²) < 4.78 is 5.44. The first-order chi connectivity index (χ1) is 8.66. The third-order valence-electron chi connectivity index (χ3n) is 3.68. The summed E-state index contributed by atoms with van der Waals surface area (Å²) >= 11 is 0. The van der Waals surface area contributed by atoms with Gasteiger partial charge in [0.25, 0.3) is 0 Å². The Morgan fingerprint density at radius 1 is 1.22 bits per heavy atom. The maximum Gasteiger partial charge on any atom is 0.0598 e. The third-order valence-corrected chi connectivity index (χ3v) is 3.68. The highest BCUT2D eigenvalue weighted by Crippen LogP contribution is 2.32. The zero-order valence-corrected chi connectivity index (χ0v) is 11.8. The molecule has 2 nitrogen and oxygen atoms in total. The highest BCUT2D eigenvalue weighted by atomic mass is 16.5. The molecule has 1 N–H and O–H groups in total.